The van der Waals surface area contributed by atoms with E-state index in [2.05, 4.69) is 36.4 Å². The molecule has 1 N–H and O–H groups in total. The van der Waals surface area contributed by atoms with Crippen molar-refractivity contribution in [2.24, 2.45) is 0 Å². The minimum atomic E-state index is -0.0543. The van der Waals surface area contributed by atoms with E-state index in [4.69, 9.17) is 4.98 Å². The fourth-order valence-electron chi connectivity index (χ4n) is 2.75. The minimum Gasteiger partial charge on any atom is -0.310 e. The summed E-state index contributed by atoms with van der Waals surface area (Å²) in [6, 6.07) is 10.0. The molecule has 0 fully saturated rings. The van der Waals surface area contributed by atoms with Crippen LogP contribution in [0.25, 0.3) is 15.3 Å². The quantitative estimate of drug-likeness (QED) is 0.559. The van der Waals surface area contributed by atoms with Gasteiger partial charge in [-0.2, -0.15) is 9.78 Å². The third-order valence-electron chi connectivity index (χ3n) is 4.19. The van der Waals surface area contributed by atoms with Gasteiger partial charge in [-0.25, -0.2) is 4.98 Å². The highest BCUT2D eigenvalue weighted by molar-refractivity contribution is 7.20. The summed E-state index contributed by atoms with van der Waals surface area (Å²) in [6.45, 7) is 6.09. The van der Waals surface area contributed by atoms with Gasteiger partial charge in [0.1, 0.15) is 5.82 Å². The molecule has 4 aromatic rings. The van der Waals surface area contributed by atoms with E-state index in [9.17, 15) is 4.79 Å². The number of aryl methyl sites for hydroxylation is 3. The zero-order chi connectivity index (χ0) is 18.3. The number of thiazole rings is 1. The first kappa shape index (κ1) is 16.9. The molecule has 1 aromatic carbocycles. The van der Waals surface area contributed by atoms with Crippen molar-refractivity contribution in [3.05, 3.63) is 57.4 Å². The van der Waals surface area contributed by atoms with Crippen LogP contribution in [0.5, 0.6) is 0 Å². The molecule has 7 heteroatoms. The van der Waals surface area contributed by atoms with Crippen LogP contribution in [0, 0.1) is 20.8 Å². The lowest BCUT2D eigenvalue weighted by molar-refractivity contribution is -0.115. The third kappa shape index (κ3) is 3.27. The van der Waals surface area contributed by atoms with Crippen molar-refractivity contribution in [1.82, 2.24) is 14.8 Å². The standard InChI is InChI=1S/C19H18N4OS2/c1-11-7-15-16(8-12(11)2)26-19(20-15)23-17(9-13(3)22-23)21-18(24)10-14-5-4-6-25-14/h4-9H,10H2,1-3H3,(H,21,24). The molecule has 3 aromatic heterocycles. The lowest BCUT2D eigenvalue weighted by atomic mass is 10.1. The van der Waals surface area contributed by atoms with E-state index in [0.717, 1.165) is 25.9 Å². The Bertz CT molecular complexity index is 1050. The predicted octanol–water partition coefficient (Wildman–Crippen LogP) is 4.65. The van der Waals surface area contributed by atoms with Gasteiger partial charge in [-0.1, -0.05) is 17.4 Å². The number of hydrogen-bond acceptors (Lipinski definition) is 5. The topological polar surface area (TPSA) is 59.8 Å². The molecule has 5 nitrogen and oxygen atoms in total. The number of hydrogen-bond donors (Lipinski definition) is 1. The van der Waals surface area contributed by atoms with Crippen LogP contribution in [0.2, 0.25) is 0 Å². The van der Waals surface area contributed by atoms with Crippen molar-refractivity contribution >= 4 is 44.6 Å². The summed E-state index contributed by atoms with van der Waals surface area (Å²) in [5, 5.41) is 10.2. The average molecular weight is 383 g/mol. The van der Waals surface area contributed by atoms with Gasteiger partial charge in [0, 0.05) is 10.9 Å². The molecule has 0 saturated carbocycles. The Labute approximate surface area is 159 Å². The predicted molar refractivity (Wildman–Crippen MR) is 108 cm³/mol. The van der Waals surface area contributed by atoms with Crippen LogP contribution in [0.4, 0.5) is 5.82 Å². The second-order valence-corrected chi connectivity index (χ2v) is 8.33. The highest BCUT2D eigenvalue weighted by atomic mass is 32.1. The first-order valence-corrected chi connectivity index (χ1v) is 9.96. The Hall–Kier alpha value is -2.51. The number of thiophene rings is 1. The van der Waals surface area contributed by atoms with Gasteiger partial charge in [-0.15, -0.1) is 11.3 Å². The van der Waals surface area contributed by atoms with Gasteiger partial charge in [0.05, 0.1) is 22.3 Å². The molecule has 0 radical (unpaired) electrons. The van der Waals surface area contributed by atoms with E-state index in [-0.39, 0.29) is 5.91 Å². The molecule has 0 bridgehead atoms. The van der Waals surface area contributed by atoms with Gasteiger partial charge in [-0.05, 0) is 55.5 Å². The SMILES string of the molecule is Cc1cc(NC(=O)Cc2cccs2)n(-c2nc3cc(C)c(C)cc3s2)n1. The summed E-state index contributed by atoms with van der Waals surface area (Å²) >= 11 is 3.15. The number of rotatable bonds is 4. The van der Waals surface area contributed by atoms with Crippen LogP contribution >= 0.6 is 22.7 Å². The molecule has 0 aliphatic rings. The number of carbonyl (C=O) groups is 1. The normalized spacial score (nSPS) is 11.2. The number of nitrogens with zero attached hydrogens (tertiary/aromatic N) is 3. The molecule has 0 saturated heterocycles. The number of anilines is 1. The van der Waals surface area contributed by atoms with Crippen molar-refractivity contribution in [2.45, 2.75) is 27.2 Å². The van der Waals surface area contributed by atoms with E-state index in [0.29, 0.717) is 12.2 Å². The van der Waals surface area contributed by atoms with Crippen LogP contribution in [-0.2, 0) is 11.2 Å². The van der Waals surface area contributed by atoms with Gasteiger partial charge >= 0.3 is 0 Å². The van der Waals surface area contributed by atoms with Crippen LogP contribution in [0.3, 0.4) is 0 Å². The van der Waals surface area contributed by atoms with E-state index >= 15 is 0 Å². The van der Waals surface area contributed by atoms with Crippen molar-refractivity contribution < 1.29 is 4.79 Å². The van der Waals surface area contributed by atoms with Crippen LogP contribution in [0.15, 0.2) is 35.7 Å². The number of fused-ring (bicyclic) bond motifs is 1. The lowest BCUT2D eigenvalue weighted by Gasteiger charge is -2.05. The van der Waals surface area contributed by atoms with Gasteiger partial charge in [0.2, 0.25) is 11.0 Å². The zero-order valence-electron chi connectivity index (χ0n) is 14.7. The molecule has 0 aliphatic carbocycles. The Morgan fingerprint density at radius 3 is 2.77 bits per heavy atom. The third-order valence-corrected chi connectivity index (χ3v) is 6.06. The van der Waals surface area contributed by atoms with Crippen molar-refractivity contribution in [3.8, 4) is 5.13 Å². The van der Waals surface area contributed by atoms with Gasteiger partial charge in [0.25, 0.3) is 0 Å². The largest absolute Gasteiger partial charge is 0.310 e. The molecule has 4 rings (SSSR count). The first-order chi connectivity index (χ1) is 12.5. The average Bonchev–Trinajstić information content (AvgIpc) is 3.28. The monoisotopic (exact) mass is 382 g/mol. The Morgan fingerprint density at radius 2 is 2.00 bits per heavy atom. The van der Waals surface area contributed by atoms with Crippen LogP contribution < -0.4 is 5.32 Å². The van der Waals surface area contributed by atoms with E-state index in [1.807, 2.05) is 30.5 Å². The summed E-state index contributed by atoms with van der Waals surface area (Å²) in [7, 11) is 0. The van der Waals surface area contributed by atoms with E-state index < -0.39 is 0 Å². The Balaban J connectivity index is 1.66. The van der Waals surface area contributed by atoms with Crippen LogP contribution in [-0.4, -0.2) is 20.7 Å². The first-order valence-electron chi connectivity index (χ1n) is 8.26. The molecule has 0 unspecified atom stereocenters. The molecule has 0 atom stereocenters. The summed E-state index contributed by atoms with van der Waals surface area (Å²) in [5.74, 6) is 0.595. The highest BCUT2D eigenvalue weighted by Crippen LogP contribution is 2.29. The summed E-state index contributed by atoms with van der Waals surface area (Å²) in [6.07, 6.45) is 0.361. The Kier molecular flexibility index (Phi) is 4.34. The molecule has 132 valence electrons. The number of aromatic nitrogens is 3. The smallest absolute Gasteiger partial charge is 0.230 e. The fourth-order valence-corrected chi connectivity index (χ4v) is 4.47. The minimum absolute atomic E-state index is 0.0543. The molecule has 0 spiro atoms. The van der Waals surface area contributed by atoms with Gasteiger partial charge in [-0.3, -0.25) is 4.79 Å². The molecular weight excluding hydrogens is 364 g/mol. The highest BCUT2D eigenvalue weighted by Gasteiger charge is 2.15. The molecule has 26 heavy (non-hydrogen) atoms. The molecule has 1 amide bonds. The van der Waals surface area contributed by atoms with Gasteiger partial charge in [0.15, 0.2) is 0 Å². The second kappa shape index (κ2) is 6.66. The molecular formula is C19H18N4OS2. The fraction of sp³-hybridized carbons (Fsp3) is 0.211. The maximum Gasteiger partial charge on any atom is 0.230 e. The van der Waals surface area contributed by atoms with Gasteiger partial charge < -0.3 is 5.32 Å². The molecule has 0 aliphatic heterocycles. The lowest BCUT2D eigenvalue weighted by Crippen LogP contribution is -2.16. The summed E-state index contributed by atoms with van der Waals surface area (Å²) in [4.78, 5) is 18.1. The summed E-state index contributed by atoms with van der Waals surface area (Å²) < 4.78 is 2.84. The molecule has 3 heterocycles. The van der Waals surface area contributed by atoms with E-state index in [1.165, 1.54) is 11.1 Å². The maximum absolute atomic E-state index is 12.4. The van der Waals surface area contributed by atoms with E-state index in [1.54, 1.807) is 27.4 Å². The summed E-state index contributed by atoms with van der Waals surface area (Å²) in [5.41, 5.74) is 4.25. The zero-order valence-corrected chi connectivity index (χ0v) is 16.4. The number of carbonyl (C=O) groups excluding carboxylic acids is 1. The second-order valence-electron chi connectivity index (χ2n) is 6.29. The van der Waals surface area contributed by atoms with Crippen LogP contribution in [0.1, 0.15) is 21.7 Å². The number of benzene rings is 1. The number of nitrogens with one attached hydrogen (secondary N) is 1. The van der Waals surface area contributed by atoms with Crippen molar-refractivity contribution in [1.29, 1.82) is 0 Å². The van der Waals surface area contributed by atoms with Crippen molar-refractivity contribution in [2.75, 3.05) is 5.32 Å². The maximum atomic E-state index is 12.4. The Morgan fingerprint density at radius 1 is 1.19 bits per heavy atom. The van der Waals surface area contributed by atoms with Crippen molar-refractivity contribution in [3.63, 3.8) is 0 Å². The number of amides is 1.